The van der Waals surface area contributed by atoms with Crippen LogP contribution in [0.15, 0.2) is 71.3 Å². The van der Waals surface area contributed by atoms with Crippen LogP contribution in [0.2, 0.25) is 10.0 Å². The number of halogens is 3. The third kappa shape index (κ3) is 4.05. The van der Waals surface area contributed by atoms with Crippen LogP contribution in [0.3, 0.4) is 0 Å². The fourth-order valence-corrected chi connectivity index (χ4v) is 4.14. The summed E-state index contributed by atoms with van der Waals surface area (Å²) in [5.74, 6) is -0.852. The molecule has 30 heavy (non-hydrogen) atoms. The first-order chi connectivity index (χ1) is 14.2. The average Bonchev–Trinajstić information content (AvgIpc) is 2.99. The molecule has 0 aliphatic carbocycles. The minimum Gasteiger partial charge on any atom is -0.452 e. The van der Waals surface area contributed by atoms with Gasteiger partial charge in [-0.3, -0.25) is 4.79 Å². The quantitative estimate of drug-likeness (QED) is 0.375. The van der Waals surface area contributed by atoms with Gasteiger partial charge >= 0.3 is 10.1 Å². The van der Waals surface area contributed by atoms with Gasteiger partial charge in [-0.1, -0.05) is 29.3 Å². The number of hydrogen-bond acceptors (Lipinski definition) is 5. The van der Waals surface area contributed by atoms with Gasteiger partial charge in [0.2, 0.25) is 5.78 Å². The smallest absolute Gasteiger partial charge is 0.339 e. The zero-order chi connectivity index (χ0) is 21.5. The molecule has 0 spiro atoms. The molecule has 0 unspecified atom stereocenters. The van der Waals surface area contributed by atoms with Gasteiger partial charge in [0.05, 0.1) is 5.56 Å². The van der Waals surface area contributed by atoms with Gasteiger partial charge in [0.1, 0.15) is 22.2 Å². The highest BCUT2D eigenvalue weighted by Crippen LogP contribution is 2.36. The molecule has 9 heteroatoms. The van der Waals surface area contributed by atoms with Crippen LogP contribution < -0.4 is 8.92 Å². The molecule has 152 valence electrons. The lowest BCUT2D eigenvalue weighted by Gasteiger charge is -2.08. The van der Waals surface area contributed by atoms with E-state index in [1.165, 1.54) is 30.3 Å². The molecular formula is C21H11Cl2FO5S. The number of carbonyl (C=O) groups is 1. The lowest BCUT2D eigenvalue weighted by molar-refractivity contribution is 0.101. The topological polar surface area (TPSA) is 69.7 Å². The van der Waals surface area contributed by atoms with E-state index >= 15 is 0 Å². The molecule has 0 aromatic heterocycles. The van der Waals surface area contributed by atoms with E-state index in [2.05, 4.69) is 0 Å². The molecule has 1 aliphatic heterocycles. The first-order valence-electron chi connectivity index (χ1n) is 8.46. The molecule has 0 radical (unpaired) electrons. The Bertz CT molecular complexity index is 1300. The summed E-state index contributed by atoms with van der Waals surface area (Å²) >= 11 is 12.0. The van der Waals surface area contributed by atoms with Crippen LogP contribution >= 0.6 is 23.2 Å². The summed E-state index contributed by atoms with van der Waals surface area (Å²) in [6.07, 6.45) is 1.47. The van der Waals surface area contributed by atoms with Crippen LogP contribution in [0.4, 0.5) is 4.39 Å². The molecule has 0 fully saturated rings. The van der Waals surface area contributed by atoms with Crippen LogP contribution in [0.5, 0.6) is 11.5 Å². The Morgan fingerprint density at radius 3 is 2.40 bits per heavy atom. The van der Waals surface area contributed by atoms with Crippen molar-refractivity contribution in [2.75, 3.05) is 0 Å². The lowest BCUT2D eigenvalue weighted by Crippen LogP contribution is -2.09. The Morgan fingerprint density at radius 1 is 0.967 bits per heavy atom. The summed E-state index contributed by atoms with van der Waals surface area (Å²) in [6, 6.07) is 13.0. The highest BCUT2D eigenvalue weighted by Gasteiger charge is 2.29. The van der Waals surface area contributed by atoms with E-state index in [1.807, 2.05) is 0 Å². The van der Waals surface area contributed by atoms with Gasteiger partial charge in [0, 0.05) is 16.1 Å². The second kappa shape index (κ2) is 7.75. The van der Waals surface area contributed by atoms with Crippen molar-refractivity contribution in [3.63, 3.8) is 0 Å². The fraction of sp³-hybridized carbons (Fsp3) is 0. The zero-order valence-electron chi connectivity index (χ0n) is 14.9. The SMILES string of the molecule is O=C1/C(=C/c2ccc(Cl)cc2Cl)Oc2cc(OS(=O)(=O)c3ccc(F)cc3)ccc21. The van der Waals surface area contributed by atoms with Crippen LogP contribution in [0.25, 0.3) is 6.08 Å². The minimum atomic E-state index is -4.18. The number of ketones is 1. The molecule has 0 atom stereocenters. The Labute approximate surface area is 181 Å². The zero-order valence-corrected chi connectivity index (χ0v) is 17.3. The molecule has 1 aliphatic rings. The number of rotatable bonds is 4. The van der Waals surface area contributed by atoms with Gasteiger partial charge in [-0.05, 0) is 60.2 Å². The summed E-state index contributed by atoms with van der Waals surface area (Å²) < 4.78 is 48.4. The summed E-state index contributed by atoms with van der Waals surface area (Å²) in [7, 11) is -4.18. The van der Waals surface area contributed by atoms with E-state index in [1.54, 1.807) is 12.1 Å². The number of fused-ring (bicyclic) bond motifs is 1. The molecular weight excluding hydrogens is 454 g/mol. The Morgan fingerprint density at radius 2 is 1.70 bits per heavy atom. The van der Waals surface area contributed by atoms with Gasteiger partial charge in [0.15, 0.2) is 5.76 Å². The number of ether oxygens (including phenoxy) is 1. The first-order valence-corrected chi connectivity index (χ1v) is 10.6. The number of Topliss-reactive ketones (excluding diaryl/α,β-unsaturated/α-hetero) is 1. The van der Waals surface area contributed by atoms with Crippen LogP contribution in [0, 0.1) is 5.82 Å². The Kier molecular flexibility index (Phi) is 5.27. The van der Waals surface area contributed by atoms with E-state index < -0.39 is 15.9 Å². The Balaban J connectivity index is 1.60. The molecule has 0 amide bonds. The molecule has 0 bridgehead atoms. The highest BCUT2D eigenvalue weighted by molar-refractivity contribution is 7.87. The maximum Gasteiger partial charge on any atom is 0.339 e. The number of carbonyl (C=O) groups excluding carboxylic acids is 1. The van der Waals surface area contributed by atoms with Crippen LogP contribution in [0.1, 0.15) is 15.9 Å². The van der Waals surface area contributed by atoms with E-state index in [0.29, 0.717) is 15.6 Å². The number of hydrogen-bond donors (Lipinski definition) is 0. The van der Waals surface area contributed by atoms with E-state index in [0.717, 1.165) is 24.3 Å². The molecule has 3 aromatic rings. The molecule has 1 heterocycles. The summed E-state index contributed by atoms with van der Waals surface area (Å²) in [5.41, 5.74) is 0.783. The maximum atomic E-state index is 13.0. The number of benzene rings is 3. The minimum absolute atomic E-state index is 0.0211. The molecule has 5 nitrogen and oxygen atoms in total. The second-order valence-corrected chi connectivity index (χ2v) is 8.64. The normalized spacial score (nSPS) is 14.5. The van der Waals surface area contributed by atoms with Crippen molar-refractivity contribution >= 4 is 45.2 Å². The summed E-state index contributed by atoms with van der Waals surface area (Å²) in [4.78, 5) is 12.4. The van der Waals surface area contributed by atoms with E-state index in [-0.39, 0.29) is 33.5 Å². The van der Waals surface area contributed by atoms with Crippen molar-refractivity contribution in [1.82, 2.24) is 0 Å². The predicted octanol–water partition coefficient (Wildman–Crippen LogP) is 5.52. The number of allylic oxidation sites excluding steroid dienone is 1. The maximum absolute atomic E-state index is 13.0. The fourth-order valence-electron chi connectivity index (χ4n) is 2.75. The largest absolute Gasteiger partial charge is 0.452 e. The standard InChI is InChI=1S/C21H11Cl2FO5S/c22-13-2-1-12(18(23)10-13)9-20-21(25)17-8-5-15(11-19(17)28-20)29-30(26,27)16-6-3-14(24)4-7-16/h1-11H/b20-9-. The van der Waals surface area contributed by atoms with Crippen molar-refractivity contribution in [1.29, 1.82) is 0 Å². The van der Waals surface area contributed by atoms with Crippen molar-refractivity contribution in [2.45, 2.75) is 4.90 Å². The molecule has 0 N–H and O–H groups in total. The van der Waals surface area contributed by atoms with E-state index in [4.69, 9.17) is 32.1 Å². The van der Waals surface area contributed by atoms with Gasteiger partial charge < -0.3 is 8.92 Å². The van der Waals surface area contributed by atoms with Gasteiger partial charge in [0.25, 0.3) is 0 Å². The predicted molar refractivity (Wildman–Crippen MR) is 110 cm³/mol. The average molecular weight is 465 g/mol. The summed E-state index contributed by atoms with van der Waals surface area (Å²) in [5, 5.41) is 0.796. The lowest BCUT2D eigenvalue weighted by atomic mass is 10.1. The third-order valence-electron chi connectivity index (χ3n) is 4.20. The monoisotopic (exact) mass is 464 g/mol. The van der Waals surface area contributed by atoms with Crippen LogP contribution in [-0.2, 0) is 10.1 Å². The molecule has 4 rings (SSSR count). The van der Waals surface area contributed by atoms with Gasteiger partial charge in [-0.2, -0.15) is 8.42 Å². The van der Waals surface area contributed by atoms with Crippen molar-refractivity contribution < 1.29 is 26.5 Å². The molecule has 0 saturated carbocycles. The third-order valence-corrected chi connectivity index (χ3v) is 6.02. The summed E-state index contributed by atoms with van der Waals surface area (Å²) in [6.45, 7) is 0. The van der Waals surface area contributed by atoms with Gasteiger partial charge in [-0.25, -0.2) is 4.39 Å². The molecule has 0 saturated heterocycles. The van der Waals surface area contributed by atoms with Crippen molar-refractivity contribution in [3.05, 3.63) is 93.4 Å². The molecule has 3 aromatic carbocycles. The second-order valence-electron chi connectivity index (χ2n) is 6.25. The highest BCUT2D eigenvalue weighted by atomic mass is 35.5. The Hall–Kier alpha value is -2.87. The van der Waals surface area contributed by atoms with E-state index in [9.17, 15) is 17.6 Å². The van der Waals surface area contributed by atoms with Crippen LogP contribution in [-0.4, -0.2) is 14.2 Å². The van der Waals surface area contributed by atoms with Gasteiger partial charge in [-0.15, -0.1) is 0 Å². The van der Waals surface area contributed by atoms with Crippen molar-refractivity contribution in [2.24, 2.45) is 0 Å². The van der Waals surface area contributed by atoms with Crippen molar-refractivity contribution in [3.8, 4) is 11.5 Å². The first kappa shape index (κ1) is 20.4.